The number of rotatable bonds is 1. The second kappa shape index (κ2) is 5.18. The Labute approximate surface area is 132 Å². The van der Waals surface area contributed by atoms with E-state index in [0.717, 1.165) is 5.56 Å². The van der Waals surface area contributed by atoms with Crippen LogP contribution in [0.1, 0.15) is 24.5 Å². The Kier molecular flexibility index (Phi) is 3.25. The van der Waals surface area contributed by atoms with E-state index in [4.69, 9.17) is 9.47 Å². The van der Waals surface area contributed by atoms with Crippen molar-refractivity contribution in [3.8, 4) is 0 Å². The minimum absolute atomic E-state index is 0.0262. The van der Waals surface area contributed by atoms with Gasteiger partial charge in [0.2, 0.25) is 0 Å². The number of aliphatic hydroxyl groups excluding tert-OH is 2. The van der Waals surface area contributed by atoms with Gasteiger partial charge in [-0.2, -0.15) is 0 Å². The monoisotopic (exact) mass is 316 g/mol. The summed E-state index contributed by atoms with van der Waals surface area (Å²) in [6, 6.07) is 9.25. The first-order valence-electron chi connectivity index (χ1n) is 7.60. The fourth-order valence-electron chi connectivity index (χ4n) is 3.63. The van der Waals surface area contributed by atoms with E-state index in [2.05, 4.69) is 0 Å². The van der Waals surface area contributed by atoms with Crippen LogP contribution in [0.5, 0.6) is 0 Å². The quantitative estimate of drug-likeness (QED) is 0.739. The largest absolute Gasteiger partial charge is 0.486 e. The lowest BCUT2D eigenvalue weighted by Crippen LogP contribution is -2.49. The maximum atomic E-state index is 12.6. The lowest BCUT2D eigenvalue weighted by atomic mass is 9.76. The van der Waals surface area contributed by atoms with Crippen LogP contribution in [-0.2, 0) is 19.1 Å². The summed E-state index contributed by atoms with van der Waals surface area (Å²) in [5.41, 5.74) is 1.13. The van der Waals surface area contributed by atoms with E-state index in [1.54, 1.807) is 0 Å². The fourth-order valence-corrected chi connectivity index (χ4v) is 3.63. The highest BCUT2D eigenvalue weighted by Gasteiger charge is 2.54. The minimum Gasteiger partial charge on any atom is -0.486 e. The molecule has 3 aliphatic rings. The summed E-state index contributed by atoms with van der Waals surface area (Å²) >= 11 is 0. The first-order valence-corrected chi connectivity index (χ1v) is 7.60. The van der Waals surface area contributed by atoms with Gasteiger partial charge in [0.25, 0.3) is 0 Å². The molecular weight excluding hydrogens is 300 g/mol. The van der Waals surface area contributed by atoms with Crippen LogP contribution in [0.2, 0.25) is 0 Å². The summed E-state index contributed by atoms with van der Waals surface area (Å²) in [5, 5.41) is 20.5. The van der Waals surface area contributed by atoms with Crippen molar-refractivity contribution in [2.75, 3.05) is 0 Å². The van der Waals surface area contributed by atoms with E-state index in [1.807, 2.05) is 30.3 Å². The smallest absolute Gasteiger partial charge is 0.306 e. The molecule has 0 spiro atoms. The van der Waals surface area contributed by atoms with Crippen LogP contribution >= 0.6 is 0 Å². The van der Waals surface area contributed by atoms with Crippen molar-refractivity contribution in [3.63, 3.8) is 0 Å². The third-order valence-electron chi connectivity index (χ3n) is 4.73. The Bertz CT molecular complexity index is 694. The molecule has 0 bridgehead atoms. The van der Waals surface area contributed by atoms with Crippen LogP contribution in [0.4, 0.5) is 0 Å². The van der Waals surface area contributed by atoms with Crippen LogP contribution in [0.25, 0.3) is 0 Å². The summed E-state index contributed by atoms with van der Waals surface area (Å²) in [5.74, 6) is -1.10. The van der Waals surface area contributed by atoms with Crippen molar-refractivity contribution in [1.29, 1.82) is 0 Å². The van der Waals surface area contributed by atoms with Gasteiger partial charge in [-0.15, -0.1) is 0 Å². The molecular formula is C17H16O6. The van der Waals surface area contributed by atoms with Crippen LogP contribution in [-0.4, -0.2) is 40.3 Å². The number of Topliss-reactive ketones (excluding diaryl/α,β-unsaturated/α-hetero) is 1. The molecule has 1 aromatic carbocycles. The second-order valence-corrected chi connectivity index (χ2v) is 6.12. The molecule has 23 heavy (non-hydrogen) atoms. The third kappa shape index (κ3) is 2.17. The Balaban J connectivity index is 1.73. The maximum absolute atomic E-state index is 12.6. The van der Waals surface area contributed by atoms with Gasteiger partial charge in [0.15, 0.2) is 5.78 Å². The third-order valence-corrected chi connectivity index (χ3v) is 4.73. The second-order valence-electron chi connectivity index (χ2n) is 6.12. The first-order chi connectivity index (χ1) is 11.1. The van der Waals surface area contributed by atoms with Crippen LogP contribution in [0.3, 0.4) is 0 Å². The summed E-state index contributed by atoms with van der Waals surface area (Å²) in [6.07, 6.45) is -3.86. The van der Waals surface area contributed by atoms with Crippen LogP contribution < -0.4 is 0 Å². The molecule has 4 rings (SSSR count). The average molecular weight is 316 g/mol. The summed E-state index contributed by atoms with van der Waals surface area (Å²) in [6.45, 7) is 0. The Morgan fingerprint density at radius 1 is 1.00 bits per heavy atom. The lowest BCUT2D eigenvalue weighted by molar-refractivity contribution is -0.153. The van der Waals surface area contributed by atoms with E-state index >= 15 is 0 Å². The number of benzene rings is 1. The molecule has 2 N–H and O–H groups in total. The topological polar surface area (TPSA) is 93.1 Å². The highest BCUT2D eigenvalue weighted by molar-refractivity contribution is 5.99. The molecule has 2 heterocycles. The summed E-state index contributed by atoms with van der Waals surface area (Å²) in [4.78, 5) is 24.2. The van der Waals surface area contributed by atoms with Gasteiger partial charge in [-0.3, -0.25) is 9.59 Å². The number of aliphatic hydroxyl groups is 2. The average Bonchev–Trinajstić information content (AvgIpc) is 2.94. The molecule has 1 saturated heterocycles. The highest BCUT2D eigenvalue weighted by atomic mass is 16.6. The minimum atomic E-state index is -1.37. The molecule has 0 radical (unpaired) electrons. The SMILES string of the molecule is O=C1C[C@@H]2C3=C(O[C@@H](c4ccccc4)CC3=O)[C@@H](O)[C@H](O)[C@@H]2O1. The van der Waals surface area contributed by atoms with Crippen molar-refractivity contribution < 1.29 is 29.3 Å². The molecule has 1 fully saturated rings. The van der Waals surface area contributed by atoms with Crippen molar-refractivity contribution in [2.24, 2.45) is 5.92 Å². The van der Waals surface area contributed by atoms with E-state index < -0.39 is 36.3 Å². The van der Waals surface area contributed by atoms with Gasteiger partial charge in [-0.1, -0.05) is 30.3 Å². The van der Waals surface area contributed by atoms with Gasteiger partial charge < -0.3 is 19.7 Å². The number of fused-ring (bicyclic) bond motifs is 2. The molecule has 0 amide bonds. The highest BCUT2D eigenvalue weighted by Crippen LogP contribution is 2.45. The van der Waals surface area contributed by atoms with Crippen molar-refractivity contribution in [3.05, 3.63) is 47.2 Å². The van der Waals surface area contributed by atoms with Gasteiger partial charge in [-0.05, 0) is 5.56 Å². The molecule has 1 aromatic rings. The molecule has 5 atom stereocenters. The van der Waals surface area contributed by atoms with E-state index in [0.29, 0.717) is 5.57 Å². The van der Waals surface area contributed by atoms with E-state index in [-0.39, 0.29) is 24.4 Å². The molecule has 120 valence electrons. The van der Waals surface area contributed by atoms with Crippen LogP contribution in [0, 0.1) is 5.92 Å². The Hall–Kier alpha value is -2.18. The van der Waals surface area contributed by atoms with Gasteiger partial charge >= 0.3 is 5.97 Å². The van der Waals surface area contributed by atoms with Crippen molar-refractivity contribution in [2.45, 2.75) is 37.3 Å². The maximum Gasteiger partial charge on any atom is 0.306 e. The number of esters is 1. The standard InChI is InChI=1S/C17H16O6/c18-10-7-11(8-4-2-1-3-5-8)22-17-13(10)9-6-12(19)23-16(9)14(20)15(17)21/h1-5,9,11,14-16,20-21H,6-7H2/t9-,11-,14+,15+,16-/m1/s1. The lowest BCUT2D eigenvalue weighted by Gasteiger charge is -2.39. The molecule has 0 aromatic heterocycles. The summed E-state index contributed by atoms with van der Waals surface area (Å²) in [7, 11) is 0. The normalized spacial score (nSPS) is 36.2. The molecule has 0 saturated carbocycles. The fraction of sp³-hybridized carbons (Fsp3) is 0.412. The molecule has 6 nitrogen and oxygen atoms in total. The van der Waals surface area contributed by atoms with Crippen molar-refractivity contribution in [1.82, 2.24) is 0 Å². The van der Waals surface area contributed by atoms with Gasteiger partial charge in [-0.25, -0.2) is 0 Å². The van der Waals surface area contributed by atoms with Crippen LogP contribution in [0.15, 0.2) is 41.7 Å². The van der Waals surface area contributed by atoms with Gasteiger partial charge in [0.1, 0.15) is 30.2 Å². The number of ketones is 1. The van der Waals surface area contributed by atoms with Crippen molar-refractivity contribution >= 4 is 11.8 Å². The molecule has 2 aliphatic heterocycles. The van der Waals surface area contributed by atoms with Gasteiger partial charge in [0, 0.05) is 11.5 Å². The Morgan fingerprint density at radius 3 is 2.48 bits per heavy atom. The predicted octanol–water partition coefficient (Wildman–Crippen LogP) is 0.638. The van der Waals surface area contributed by atoms with E-state index in [9.17, 15) is 19.8 Å². The number of carbonyl (C=O) groups excluding carboxylic acids is 2. The number of hydrogen-bond donors (Lipinski definition) is 2. The molecule has 1 aliphatic carbocycles. The zero-order valence-electron chi connectivity index (χ0n) is 12.2. The molecule has 6 heteroatoms. The molecule has 0 unspecified atom stereocenters. The first kappa shape index (κ1) is 14.4. The van der Waals surface area contributed by atoms with E-state index in [1.165, 1.54) is 0 Å². The zero-order chi connectivity index (χ0) is 16.1. The number of carbonyl (C=O) groups is 2. The number of ether oxygens (including phenoxy) is 2. The Morgan fingerprint density at radius 2 is 1.74 bits per heavy atom. The summed E-state index contributed by atoms with van der Waals surface area (Å²) < 4.78 is 10.9. The zero-order valence-corrected chi connectivity index (χ0v) is 12.2. The predicted molar refractivity (Wildman–Crippen MR) is 76.9 cm³/mol. The van der Waals surface area contributed by atoms with Gasteiger partial charge in [0.05, 0.1) is 12.8 Å². The number of hydrogen-bond acceptors (Lipinski definition) is 6.